The molecule has 0 unspecified atom stereocenters. The molecule has 9 heteroatoms. The van der Waals surface area contributed by atoms with Gasteiger partial charge in [0, 0.05) is 32.0 Å². The van der Waals surface area contributed by atoms with Crippen LogP contribution in [0.4, 0.5) is 0 Å². The molecule has 0 saturated heterocycles. The van der Waals surface area contributed by atoms with Crippen molar-refractivity contribution in [2.75, 3.05) is 39.3 Å². The van der Waals surface area contributed by atoms with Crippen molar-refractivity contribution in [3.8, 4) is 0 Å². The molecule has 0 aliphatic heterocycles. The number of fused-ring (bicyclic) bond motifs is 2. The zero-order valence-corrected chi connectivity index (χ0v) is 14.8. The lowest BCUT2D eigenvalue weighted by Gasteiger charge is -2.03. The Hall–Kier alpha value is -2.88. The number of aromatic nitrogens is 2. The largest absolute Gasteiger partial charge is 0.395 e. The second-order valence-electron chi connectivity index (χ2n) is 5.94. The number of nitrogens with zero attached hydrogens (tertiary/aromatic N) is 2. The Morgan fingerprint density at radius 1 is 0.926 bits per heavy atom. The van der Waals surface area contributed by atoms with E-state index in [2.05, 4.69) is 25.5 Å². The fourth-order valence-electron chi connectivity index (χ4n) is 2.98. The molecule has 0 amide bonds. The molecule has 142 valence electrons. The van der Waals surface area contributed by atoms with E-state index in [9.17, 15) is 9.59 Å². The highest BCUT2D eigenvalue weighted by Crippen LogP contribution is 2.05. The number of rotatable bonds is 7. The van der Waals surface area contributed by atoms with Gasteiger partial charge < -0.3 is 26.4 Å². The summed E-state index contributed by atoms with van der Waals surface area (Å²) >= 11 is 0. The lowest BCUT2D eigenvalue weighted by atomic mass is 10.0. The van der Waals surface area contributed by atoms with E-state index in [1.165, 1.54) is 12.4 Å². The van der Waals surface area contributed by atoms with E-state index >= 15 is 0 Å². The van der Waals surface area contributed by atoms with Gasteiger partial charge in [-0.2, -0.15) is 0 Å². The molecule has 0 bridgehead atoms. The first-order valence-corrected chi connectivity index (χ1v) is 8.73. The molecule has 27 heavy (non-hydrogen) atoms. The monoisotopic (exact) mass is 370 g/mol. The molecule has 3 rings (SSSR count). The second kappa shape index (κ2) is 8.67. The Labute approximate surface area is 153 Å². The van der Waals surface area contributed by atoms with Crippen molar-refractivity contribution in [1.29, 1.82) is 0 Å². The van der Waals surface area contributed by atoms with Gasteiger partial charge in [-0.05, 0) is 12.1 Å². The summed E-state index contributed by atoms with van der Waals surface area (Å²) in [5.41, 5.74) is 4.99. The fourth-order valence-corrected chi connectivity index (χ4v) is 2.98. The van der Waals surface area contributed by atoms with Crippen LogP contribution in [0.15, 0.2) is 44.1 Å². The predicted octanol–water partition coefficient (Wildman–Crippen LogP) is -1.85. The topological polar surface area (TPSA) is 149 Å². The van der Waals surface area contributed by atoms with Crippen LogP contribution in [-0.4, -0.2) is 54.6 Å². The molecule has 0 spiro atoms. The second-order valence-corrected chi connectivity index (χ2v) is 5.94. The Morgan fingerprint density at radius 3 is 2.00 bits per heavy atom. The van der Waals surface area contributed by atoms with Crippen LogP contribution in [0.2, 0.25) is 0 Å². The van der Waals surface area contributed by atoms with Crippen LogP contribution >= 0.6 is 0 Å². The molecule has 0 aliphatic rings. The lowest BCUT2D eigenvalue weighted by Crippen LogP contribution is -2.28. The van der Waals surface area contributed by atoms with Gasteiger partial charge in [-0.25, -0.2) is 0 Å². The third-order valence-corrected chi connectivity index (χ3v) is 4.18. The van der Waals surface area contributed by atoms with Crippen molar-refractivity contribution in [2.24, 2.45) is 15.7 Å². The van der Waals surface area contributed by atoms with Crippen molar-refractivity contribution >= 4 is 21.5 Å². The summed E-state index contributed by atoms with van der Waals surface area (Å²) in [5, 5.41) is 19.3. The van der Waals surface area contributed by atoms with Crippen LogP contribution in [0.1, 0.15) is 0 Å². The highest BCUT2D eigenvalue weighted by molar-refractivity contribution is 5.96. The third kappa shape index (κ3) is 3.80. The smallest absolute Gasteiger partial charge is 0.198 e. The van der Waals surface area contributed by atoms with Gasteiger partial charge in [-0.1, -0.05) is 0 Å². The molecule has 9 nitrogen and oxygen atoms in total. The molecular weight excluding hydrogens is 348 g/mol. The summed E-state index contributed by atoms with van der Waals surface area (Å²) < 4.78 is 0. The molecule has 2 aromatic carbocycles. The van der Waals surface area contributed by atoms with Gasteiger partial charge in [-0.3, -0.25) is 19.6 Å². The molecule has 0 fully saturated rings. The van der Waals surface area contributed by atoms with Gasteiger partial charge >= 0.3 is 0 Å². The number of hydrogen-bond donors (Lipinski definition) is 5. The van der Waals surface area contributed by atoms with Gasteiger partial charge in [0.05, 0.1) is 52.0 Å². The normalized spacial score (nSPS) is 13.1. The minimum absolute atomic E-state index is 0.0457. The summed E-state index contributed by atoms with van der Waals surface area (Å²) in [7, 11) is 0. The Balaban J connectivity index is 2.32. The number of hydrogen-bond acceptors (Lipinski definition) is 7. The standard InChI is InChI=1S/C18H22N6O3/c19-3-4-21-13-1-2-14(22-6-5-20-7-8-25)16-15(13)17(26)11-9-23-24-10-12(11)18(16)27/h1-2,9-10,20,23-25H,3-8,19H2. The molecule has 0 aliphatic carbocycles. The average Bonchev–Trinajstić information content (AvgIpc) is 2.70. The highest BCUT2D eigenvalue weighted by Gasteiger charge is 2.13. The SMILES string of the molecule is NCCN=c1ccc(=NCCNCCO)c2c(=O)c3c[nH][nH]cc3c(=O)c12. The quantitative estimate of drug-likeness (QED) is 0.244. The first-order valence-electron chi connectivity index (χ1n) is 8.73. The van der Waals surface area contributed by atoms with Crippen molar-refractivity contribution in [3.63, 3.8) is 0 Å². The van der Waals surface area contributed by atoms with Gasteiger partial charge in [0.2, 0.25) is 0 Å². The van der Waals surface area contributed by atoms with Crippen LogP contribution in [0, 0.1) is 0 Å². The average molecular weight is 370 g/mol. The van der Waals surface area contributed by atoms with Gasteiger partial charge in [0.1, 0.15) is 0 Å². The Bertz CT molecular complexity index is 1180. The maximum Gasteiger partial charge on any atom is 0.198 e. The lowest BCUT2D eigenvalue weighted by molar-refractivity contribution is 0.293. The summed E-state index contributed by atoms with van der Waals surface area (Å²) in [6.45, 7) is 2.19. The number of aliphatic hydroxyl groups excluding tert-OH is 1. The van der Waals surface area contributed by atoms with Crippen molar-refractivity contribution in [3.05, 3.63) is 55.7 Å². The molecule has 0 radical (unpaired) electrons. The summed E-state index contributed by atoms with van der Waals surface area (Å²) in [6.07, 6.45) is 2.96. The van der Waals surface area contributed by atoms with E-state index < -0.39 is 0 Å². The Morgan fingerprint density at radius 2 is 1.48 bits per heavy atom. The van der Waals surface area contributed by atoms with Crippen LogP contribution in [0.3, 0.4) is 0 Å². The van der Waals surface area contributed by atoms with E-state index in [0.717, 1.165) is 0 Å². The number of H-pyrrole nitrogens is 2. The van der Waals surface area contributed by atoms with Crippen molar-refractivity contribution in [1.82, 2.24) is 15.5 Å². The Kier molecular flexibility index (Phi) is 6.07. The summed E-state index contributed by atoms with van der Waals surface area (Å²) in [4.78, 5) is 34.9. The zero-order valence-electron chi connectivity index (χ0n) is 14.8. The molecule has 1 aromatic heterocycles. The maximum atomic E-state index is 13.1. The van der Waals surface area contributed by atoms with E-state index in [4.69, 9.17) is 10.8 Å². The van der Waals surface area contributed by atoms with E-state index in [1.54, 1.807) is 12.1 Å². The summed E-state index contributed by atoms with van der Waals surface area (Å²) in [6, 6.07) is 3.40. The molecule has 0 saturated carbocycles. The van der Waals surface area contributed by atoms with Crippen molar-refractivity contribution < 1.29 is 5.11 Å². The van der Waals surface area contributed by atoms with E-state index in [1.807, 2.05) is 0 Å². The fraction of sp³-hybridized carbons (Fsp3) is 0.333. The minimum atomic E-state index is -0.268. The van der Waals surface area contributed by atoms with Gasteiger partial charge in [0.25, 0.3) is 0 Å². The van der Waals surface area contributed by atoms with E-state index in [0.29, 0.717) is 54.2 Å². The number of aromatic amines is 2. The summed E-state index contributed by atoms with van der Waals surface area (Å²) in [5.74, 6) is 0. The first kappa shape index (κ1) is 18.9. The predicted molar refractivity (Wildman–Crippen MR) is 104 cm³/mol. The zero-order chi connectivity index (χ0) is 19.2. The van der Waals surface area contributed by atoms with Crippen LogP contribution in [0.5, 0.6) is 0 Å². The third-order valence-electron chi connectivity index (χ3n) is 4.18. The van der Waals surface area contributed by atoms with Crippen molar-refractivity contribution in [2.45, 2.75) is 0 Å². The van der Waals surface area contributed by atoms with Gasteiger partial charge in [-0.15, -0.1) is 0 Å². The van der Waals surface area contributed by atoms with Gasteiger partial charge in [0.15, 0.2) is 10.9 Å². The minimum Gasteiger partial charge on any atom is -0.395 e. The maximum absolute atomic E-state index is 13.1. The van der Waals surface area contributed by atoms with Crippen LogP contribution in [0.25, 0.3) is 21.5 Å². The highest BCUT2D eigenvalue weighted by atomic mass is 16.3. The van der Waals surface area contributed by atoms with Crippen LogP contribution in [-0.2, 0) is 0 Å². The van der Waals surface area contributed by atoms with E-state index in [-0.39, 0.29) is 28.2 Å². The number of aliphatic hydroxyl groups is 1. The molecule has 3 aromatic rings. The molecule has 1 heterocycles. The first-order chi connectivity index (χ1) is 13.2. The molecule has 0 atom stereocenters. The molecular formula is C18H22N6O3. The number of nitrogens with one attached hydrogen (secondary N) is 3. The molecule has 6 N–H and O–H groups in total. The number of nitrogens with two attached hydrogens (primary N) is 1. The van der Waals surface area contributed by atoms with Crippen LogP contribution < -0.4 is 32.6 Å². The number of benzene rings is 2.